The summed E-state index contributed by atoms with van der Waals surface area (Å²) in [6, 6.07) is 4.74. The summed E-state index contributed by atoms with van der Waals surface area (Å²) in [5.41, 5.74) is -0.357. The second-order valence-corrected chi connectivity index (χ2v) is 14.2. The number of nitrogens with zero attached hydrogens (tertiary/aromatic N) is 3. The fourth-order valence-electron chi connectivity index (χ4n) is 6.65. The third-order valence-corrected chi connectivity index (χ3v) is 9.18. The van der Waals surface area contributed by atoms with Gasteiger partial charge in [-0.25, -0.2) is 9.18 Å². The molecule has 1 unspecified atom stereocenters. The van der Waals surface area contributed by atoms with Crippen molar-refractivity contribution in [2.75, 3.05) is 59.7 Å². The van der Waals surface area contributed by atoms with Gasteiger partial charge in [-0.3, -0.25) is 9.59 Å². The van der Waals surface area contributed by atoms with Crippen LogP contribution in [-0.4, -0.2) is 110 Å². The maximum absolute atomic E-state index is 15.7. The second-order valence-electron chi connectivity index (χ2n) is 14.2. The van der Waals surface area contributed by atoms with Gasteiger partial charge in [-0.15, -0.1) is 0 Å². The first kappa shape index (κ1) is 37.4. The Hall–Kier alpha value is -3.44. The van der Waals surface area contributed by atoms with Crippen molar-refractivity contribution in [2.24, 2.45) is 5.41 Å². The van der Waals surface area contributed by atoms with Crippen LogP contribution >= 0.6 is 0 Å². The van der Waals surface area contributed by atoms with E-state index in [2.05, 4.69) is 0 Å². The first-order valence-electron chi connectivity index (χ1n) is 17.3. The lowest BCUT2D eigenvalue weighted by Crippen LogP contribution is -2.54. The lowest BCUT2D eigenvalue weighted by molar-refractivity contribution is -0.143. The zero-order chi connectivity index (χ0) is 35.1. The number of hydrogen-bond donors (Lipinski definition) is 0. The summed E-state index contributed by atoms with van der Waals surface area (Å²) in [6.07, 6.45) is 5.72. The predicted molar refractivity (Wildman–Crippen MR) is 182 cm³/mol. The smallest absolute Gasteiger partial charge is 0.410 e. The normalized spacial score (nSPS) is 21.8. The van der Waals surface area contributed by atoms with Crippen LogP contribution in [0.5, 0.6) is 5.75 Å². The standard InChI is InChI=1S/C37H54FN3O7/c1-8-37(34(43)39-17-21-46-22-18-39)15-14-31(38)30(24-37)29-13-12-27(23-32(29)47-20-10-19-45-7)33(42)41(26(2)3)28-11-9-16-40(25-28)35(44)48-36(4,5)6/h12-14,23-24,26,28H,8-11,15-22,25H2,1-7H3/t28-,37?/m1/s1. The summed E-state index contributed by atoms with van der Waals surface area (Å²) >= 11 is 0. The van der Waals surface area contributed by atoms with Gasteiger partial charge in [0.15, 0.2) is 0 Å². The van der Waals surface area contributed by atoms with E-state index in [1.165, 1.54) is 6.08 Å². The van der Waals surface area contributed by atoms with E-state index in [1.807, 2.05) is 46.4 Å². The van der Waals surface area contributed by atoms with Gasteiger partial charge in [0.1, 0.15) is 17.2 Å². The molecule has 1 aliphatic carbocycles. The zero-order valence-corrected chi connectivity index (χ0v) is 29.8. The average Bonchev–Trinajstić information content (AvgIpc) is 3.06. The van der Waals surface area contributed by atoms with E-state index in [9.17, 15) is 14.4 Å². The van der Waals surface area contributed by atoms with E-state index < -0.39 is 16.8 Å². The lowest BCUT2D eigenvalue weighted by atomic mass is 9.74. The molecule has 2 atom stereocenters. The highest BCUT2D eigenvalue weighted by molar-refractivity contribution is 5.97. The van der Waals surface area contributed by atoms with E-state index >= 15 is 4.39 Å². The summed E-state index contributed by atoms with van der Waals surface area (Å²) in [4.78, 5) is 46.3. The fourth-order valence-corrected chi connectivity index (χ4v) is 6.65. The Balaban J connectivity index is 1.67. The maximum Gasteiger partial charge on any atom is 0.410 e. The molecule has 0 saturated carbocycles. The molecular weight excluding hydrogens is 617 g/mol. The Morgan fingerprint density at radius 3 is 2.48 bits per heavy atom. The Morgan fingerprint density at radius 1 is 1.10 bits per heavy atom. The summed E-state index contributed by atoms with van der Waals surface area (Å²) in [5.74, 6) is -0.305. The molecule has 2 heterocycles. The van der Waals surface area contributed by atoms with Crippen molar-refractivity contribution in [3.05, 3.63) is 47.3 Å². The van der Waals surface area contributed by atoms with E-state index in [0.29, 0.717) is 82.3 Å². The quantitative estimate of drug-likeness (QED) is 0.257. The highest BCUT2D eigenvalue weighted by atomic mass is 19.1. The van der Waals surface area contributed by atoms with E-state index in [-0.39, 0.29) is 42.0 Å². The van der Waals surface area contributed by atoms with E-state index in [1.54, 1.807) is 41.2 Å². The van der Waals surface area contributed by atoms with Crippen LogP contribution in [0.2, 0.25) is 0 Å². The van der Waals surface area contributed by atoms with Crippen LogP contribution in [0, 0.1) is 5.41 Å². The number of carbonyl (C=O) groups is 3. The molecule has 1 aromatic carbocycles. The van der Waals surface area contributed by atoms with Gasteiger partial charge >= 0.3 is 6.09 Å². The number of allylic oxidation sites excluding steroid dienone is 3. The van der Waals surface area contributed by atoms with E-state index in [0.717, 1.165) is 12.8 Å². The molecule has 4 rings (SSSR count). The second kappa shape index (κ2) is 16.3. The number of carbonyl (C=O) groups excluding carboxylic acids is 3. The Labute approximate surface area is 285 Å². The third-order valence-electron chi connectivity index (χ3n) is 9.18. The van der Waals surface area contributed by atoms with Crippen LogP contribution in [0.25, 0.3) is 5.57 Å². The first-order chi connectivity index (χ1) is 22.8. The van der Waals surface area contributed by atoms with Crippen LogP contribution in [-0.2, 0) is 19.0 Å². The molecule has 0 radical (unpaired) electrons. The number of piperidine rings is 1. The number of benzene rings is 1. The summed E-state index contributed by atoms with van der Waals surface area (Å²) in [6.45, 7) is 15.1. The van der Waals surface area contributed by atoms with Crippen LogP contribution < -0.4 is 4.74 Å². The topological polar surface area (TPSA) is 97.9 Å². The zero-order valence-electron chi connectivity index (χ0n) is 29.8. The van der Waals surface area contributed by atoms with Gasteiger partial charge in [-0.1, -0.05) is 13.0 Å². The van der Waals surface area contributed by atoms with Crippen molar-refractivity contribution >= 4 is 23.5 Å². The van der Waals surface area contributed by atoms with Crippen molar-refractivity contribution in [3.8, 4) is 5.75 Å². The molecular formula is C37H54FN3O7. The molecule has 2 saturated heterocycles. The SMILES string of the molecule is CCC1(C(=O)N2CCOCC2)C=C(c2ccc(C(=O)N(C(C)C)[C@@H]3CCCN(C(=O)OC(C)(C)C)C3)cc2OCCCOC)C(F)=CC1. The minimum absolute atomic E-state index is 0.0376. The number of methoxy groups -OCH3 is 1. The molecule has 3 amide bonds. The summed E-state index contributed by atoms with van der Waals surface area (Å²) in [7, 11) is 1.61. The largest absolute Gasteiger partial charge is 0.493 e. The maximum atomic E-state index is 15.7. The Morgan fingerprint density at radius 2 is 1.83 bits per heavy atom. The Bertz CT molecular complexity index is 1360. The van der Waals surface area contributed by atoms with Crippen LogP contribution in [0.15, 0.2) is 36.2 Å². The van der Waals surface area contributed by atoms with Crippen molar-refractivity contribution in [3.63, 3.8) is 0 Å². The first-order valence-corrected chi connectivity index (χ1v) is 17.3. The molecule has 2 aliphatic heterocycles. The minimum Gasteiger partial charge on any atom is -0.493 e. The van der Waals surface area contributed by atoms with Gasteiger partial charge in [0, 0.05) is 69.1 Å². The number of hydrogen-bond acceptors (Lipinski definition) is 7. The van der Waals surface area contributed by atoms with Gasteiger partial charge in [-0.2, -0.15) is 0 Å². The molecule has 48 heavy (non-hydrogen) atoms. The fraction of sp³-hybridized carbons (Fsp3) is 0.649. The van der Waals surface area contributed by atoms with Gasteiger partial charge in [0.25, 0.3) is 5.91 Å². The van der Waals surface area contributed by atoms with E-state index in [4.69, 9.17) is 18.9 Å². The van der Waals surface area contributed by atoms with Crippen molar-refractivity contribution in [1.29, 1.82) is 0 Å². The molecule has 3 aliphatic rings. The van der Waals surface area contributed by atoms with Crippen LogP contribution in [0.1, 0.15) is 89.6 Å². The van der Waals surface area contributed by atoms with Crippen molar-refractivity contribution in [1.82, 2.24) is 14.7 Å². The number of likely N-dealkylation sites (tertiary alicyclic amines) is 1. The monoisotopic (exact) mass is 671 g/mol. The molecule has 11 heteroatoms. The number of morpholine rings is 1. The molecule has 10 nitrogen and oxygen atoms in total. The molecule has 2 fully saturated rings. The highest BCUT2D eigenvalue weighted by Gasteiger charge is 2.41. The number of halogens is 1. The van der Waals surface area contributed by atoms with Crippen LogP contribution in [0.3, 0.4) is 0 Å². The van der Waals surface area contributed by atoms with Crippen LogP contribution in [0.4, 0.5) is 9.18 Å². The molecule has 0 spiro atoms. The number of ether oxygens (including phenoxy) is 4. The Kier molecular flexibility index (Phi) is 12.7. The highest BCUT2D eigenvalue weighted by Crippen LogP contribution is 2.44. The molecule has 0 N–H and O–H groups in total. The van der Waals surface area contributed by atoms with Gasteiger partial charge < -0.3 is 33.6 Å². The average molecular weight is 672 g/mol. The number of rotatable bonds is 11. The molecule has 0 bridgehead atoms. The van der Waals surface area contributed by atoms with Gasteiger partial charge in [-0.05, 0) is 84.6 Å². The molecule has 266 valence electrons. The lowest BCUT2D eigenvalue weighted by Gasteiger charge is -2.41. The molecule has 1 aromatic rings. The summed E-state index contributed by atoms with van der Waals surface area (Å²) in [5, 5.41) is 0. The van der Waals surface area contributed by atoms with Gasteiger partial charge in [0.2, 0.25) is 5.91 Å². The molecule has 0 aromatic heterocycles. The summed E-state index contributed by atoms with van der Waals surface area (Å²) < 4.78 is 38.2. The predicted octanol–water partition coefficient (Wildman–Crippen LogP) is 6.25. The van der Waals surface area contributed by atoms with Crippen molar-refractivity contribution < 1.29 is 37.7 Å². The minimum atomic E-state index is -0.903. The number of amides is 3. The van der Waals surface area contributed by atoms with Gasteiger partial charge in [0.05, 0.1) is 31.3 Å². The van der Waals surface area contributed by atoms with Crippen molar-refractivity contribution in [2.45, 2.75) is 91.3 Å². The third kappa shape index (κ3) is 8.96.